The van der Waals surface area contributed by atoms with E-state index in [2.05, 4.69) is 35.6 Å². The molecule has 0 aliphatic rings. The van der Waals surface area contributed by atoms with Crippen LogP contribution in [0.4, 0.5) is 0 Å². The van der Waals surface area contributed by atoms with Crippen LogP contribution in [0.3, 0.4) is 0 Å². The second-order valence-corrected chi connectivity index (χ2v) is 4.78. The molecule has 0 unspecified atom stereocenters. The summed E-state index contributed by atoms with van der Waals surface area (Å²) < 4.78 is 9.05. The fraction of sp³-hybridized carbons (Fsp3) is 0.154. The average molecular weight is 326 g/mol. The Morgan fingerprint density at radius 3 is 2.69 bits per heavy atom. The molecule has 2 aromatic rings. The molecule has 0 radical (unpaired) electrons. The lowest BCUT2D eigenvalue weighted by Gasteiger charge is -2.07. The van der Waals surface area contributed by atoms with E-state index in [4.69, 9.17) is 4.74 Å². The van der Waals surface area contributed by atoms with Gasteiger partial charge in [0.05, 0.1) is 6.07 Å². The Hall–Kier alpha value is -1.10. The highest BCUT2D eigenvalue weighted by atomic mass is 127. The van der Waals surface area contributed by atoms with E-state index in [-0.39, 0.29) is 0 Å². The zero-order chi connectivity index (χ0) is 11.5. The summed E-state index contributed by atoms with van der Waals surface area (Å²) in [6, 6.07) is 12.0. The number of halogens is 1. The van der Waals surface area contributed by atoms with Crippen molar-refractivity contribution >= 4 is 22.6 Å². The highest BCUT2D eigenvalue weighted by Gasteiger charge is 2.10. The van der Waals surface area contributed by atoms with E-state index >= 15 is 0 Å². The lowest BCUT2D eigenvalue weighted by Crippen LogP contribution is -2.28. The summed E-state index contributed by atoms with van der Waals surface area (Å²) in [6.07, 6.45) is 1.97. The van der Waals surface area contributed by atoms with E-state index in [1.807, 2.05) is 48.1 Å². The second kappa shape index (κ2) is 4.82. The van der Waals surface area contributed by atoms with Crippen molar-refractivity contribution in [1.29, 1.82) is 0 Å². The molecule has 0 N–H and O–H groups in total. The van der Waals surface area contributed by atoms with E-state index in [9.17, 15) is 0 Å². The van der Waals surface area contributed by atoms with Gasteiger partial charge in [0.15, 0.2) is 6.20 Å². The summed E-state index contributed by atoms with van der Waals surface area (Å²) in [5, 5.41) is 0. The SMILES string of the molecule is Cc1c(I)cccc1Oc1cccc[n+]1C. The molecule has 0 fully saturated rings. The summed E-state index contributed by atoms with van der Waals surface area (Å²) in [7, 11) is 1.97. The molecule has 1 aromatic carbocycles. The Bertz CT molecular complexity index is 511. The highest BCUT2D eigenvalue weighted by Crippen LogP contribution is 2.25. The highest BCUT2D eigenvalue weighted by molar-refractivity contribution is 14.1. The lowest BCUT2D eigenvalue weighted by atomic mass is 10.2. The standard InChI is InChI=1S/C13H13INO/c1-10-11(14)6-5-7-12(10)16-13-8-3-4-9-15(13)2/h3-9H,1-2H3/q+1. The van der Waals surface area contributed by atoms with Gasteiger partial charge in [-0.25, -0.2) is 0 Å². The average Bonchev–Trinajstić information content (AvgIpc) is 2.28. The van der Waals surface area contributed by atoms with Gasteiger partial charge >= 0.3 is 5.88 Å². The molecule has 2 nitrogen and oxygen atoms in total. The van der Waals surface area contributed by atoms with Gasteiger partial charge < -0.3 is 4.74 Å². The summed E-state index contributed by atoms with van der Waals surface area (Å²) in [4.78, 5) is 0. The Balaban J connectivity index is 2.35. The van der Waals surface area contributed by atoms with Crippen LogP contribution in [-0.2, 0) is 7.05 Å². The second-order valence-electron chi connectivity index (χ2n) is 3.61. The molecule has 3 heteroatoms. The van der Waals surface area contributed by atoms with Crippen molar-refractivity contribution in [3.05, 3.63) is 51.7 Å². The molecule has 82 valence electrons. The van der Waals surface area contributed by atoms with E-state index in [1.54, 1.807) is 0 Å². The van der Waals surface area contributed by atoms with Crippen LogP contribution in [0.25, 0.3) is 0 Å². The first-order chi connectivity index (χ1) is 7.68. The molecule has 0 aliphatic carbocycles. The van der Waals surface area contributed by atoms with Gasteiger partial charge in [-0.15, -0.1) is 0 Å². The van der Waals surface area contributed by atoms with Crippen molar-refractivity contribution in [2.45, 2.75) is 6.92 Å². The molecule has 0 aliphatic heterocycles. The van der Waals surface area contributed by atoms with Crippen molar-refractivity contribution in [3.63, 3.8) is 0 Å². The topological polar surface area (TPSA) is 13.1 Å². The number of nitrogens with zero attached hydrogens (tertiary/aromatic N) is 1. The molecular weight excluding hydrogens is 313 g/mol. The Morgan fingerprint density at radius 1 is 1.12 bits per heavy atom. The van der Waals surface area contributed by atoms with Gasteiger partial charge in [-0.2, -0.15) is 4.57 Å². The van der Waals surface area contributed by atoms with Crippen molar-refractivity contribution in [1.82, 2.24) is 0 Å². The molecule has 0 amide bonds. The largest absolute Gasteiger partial charge is 0.405 e. The minimum absolute atomic E-state index is 0.840. The Morgan fingerprint density at radius 2 is 1.94 bits per heavy atom. The first-order valence-corrected chi connectivity index (χ1v) is 6.14. The van der Waals surface area contributed by atoms with Crippen LogP contribution in [-0.4, -0.2) is 0 Å². The molecule has 0 spiro atoms. The monoisotopic (exact) mass is 326 g/mol. The number of rotatable bonds is 2. The van der Waals surface area contributed by atoms with E-state index in [0.717, 1.165) is 11.6 Å². The maximum Gasteiger partial charge on any atom is 0.373 e. The fourth-order valence-electron chi connectivity index (χ4n) is 1.42. The minimum atomic E-state index is 0.840. The maximum absolute atomic E-state index is 5.88. The van der Waals surface area contributed by atoms with Crippen molar-refractivity contribution in [2.24, 2.45) is 7.05 Å². The van der Waals surface area contributed by atoms with Gasteiger partial charge in [0.1, 0.15) is 12.8 Å². The zero-order valence-corrected chi connectivity index (χ0v) is 11.4. The van der Waals surface area contributed by atoms with Crippen molar-refractivity contribution < 1.29 is 9.30 Å². The third-order valence-corrected chi connectivity index (χ3v) is 3.61. The number of hydrogen-bond acceptors (Lipinski definition) is 1. The van der Waals surface area contributed by atoms with Crippen molar-refractivity contribution in [3.8, 4) is 11.6 Å². The van der Waals surface area contributed by atoms with E-state index in [1.165, 1.54) is 9.13 Å². The minimum Gasteiger partial charge on any atom is -0.405 e. The van der Waals surface area contributed by atoms with Gasteiger partial charge in [0, 0.05) is 15.2 Å². The molecule has 1 aromatic heterocycles. The lowest BCUT2D eigenvalue weighted by molar-refractivity contribution is -0.675. The fourth-order valence-corrected chi connectivity index (χ4v) is 1.90. The number of aryl methyl sites for hydroxylation is 1. The van der Waals surface area contributed by atoms with Crippen LogP contribution in [0.2, 0.25) is 0 Å². The van der Waals surface area contributed by atoms with Gasteiger partial charge in [0.2, 0.25) is 0 Å². The summed E-state index contributed by atoms with van der Waals surface area (Å²) in [6.45, 7) is 2.07. The predicted molar refractivity (Wildman–Crippen MR) is 71.6 cm³/mol. The van der Waals surface area contributed by atoms with E-state index < -0.39 is 0 Å². The predicted octanol–water partition coefficient (Wildman–Crippen LogP) is 3.22. The van der Waals surface area contributed by atoms with Crippen molar-refractivity contribution in [2.75, 3.05) is 0 Å². The summed E-state index contributed by atoms with van der Waals surface area (Å²) in [5.41, 5.74) is 1.17. The summed E-state index contributed by atoms with van der Waals surface area (Å²) in [5.74, 6) is 1.75. The van der Waals surface area contributed by atoms with Crippen LogP contribution in [0, 0.1) is 10.5 Å². The molecule has 0 bridgehead atoms. The van der Waals surface area contributed by atoms with Crippen LogP contribution in [0.15, 0.2) is 42.6 Å². The normalized spacial score (nSPS) is 10.2. The first kappa shape index (κ1) is 11.4. The zero-order valence-electron chi connectivity index (χ0n) is 9.27. The molecule has 16 heavy (non-hydrogen) atoms. The van der Waals surface area contributed by atoms with Crippen LogP contribution in [0.1, 0.15) is 5.56 Å². The smallest absolute Gasteiger partial charge is 0.373 e. The van der Waals surface area contributed by atoms with Gasteiger partial charge in [0.25, 0.3) is 0 Å². The molecule has 0 saturated carbocycles. The molecule has 0 atom stereocenters. The van der Waals surface area contributed by atoms with Crippen LogP contribution in [0.5, 0.6) is 11.6 Å². The summed E-state index contributed by atoms with van der Waals surface area (Å²) >= 11 is 2.31. The molecule has 1 heterocycles. The van der Waals surface area contributed by atoms with E-state index in [0.29, 0.717) is 0 Å². The Labute approximate surface area is 109 Å². The third kappa shape index (κ3) is 2.35. The number of benzene rings is 1. The quantitative estimate of drug-likeness (QED) is 0.610. The molecule has 0 saturated heterocycles. The molecule has 2 rings (SSSR count). The number of ether oxygens (including phenoxy) is 1. The number of hydrogen-bond donors (Lipinski definition) is 0. The Kier molecular flexibility index (Phi) is 3.43. The van der Waals surface area contributed by atoms with Gasteiger partial charge in [-0.1, -0.05) is 6.07 Å². The van der Waals surface area contributed by atoms with Gasteiger partial charge in [-0.05, 0) is 47.7 Å². The first-order valence-electron chi connectivity index (χ1n) is 5.06. The number of pyridine rings is 1. The maximum atomic E-state index is 5.88. The van der Waals surface area contributed by atoms with Gasteiger partial charge in [-0.3, -0.25) is 0 Å². The van der Waals surface area contributed by atoms with Crippen LogP contribution >= 0.6 is 22.6 Å². The number of aromatic nitrogens is 1. The third-order valence-electron chi connectivity index (χ3n) is 2.44. The van der Waals surface area contributed by atoms with Crippen LogP contribution < -0.4 is 9.30 Å². The molecular formula is C13H13INO+.